The topological polar surface area (TPSA) is 15.7 Å². The largest absolute Gasteiger partial charge is 0.366 e. The van der Waals surface area contributed by atoms with E-state index in [9.17, 15) is 0 Å². The molecule has 2 atom stereocenters. The molecule has 0 saturated carbocycles. The van der Waals surface area contributed by atoms with Crippen molar-refractivity contribution in [2.24, 2.45) is 0 Å². The number of rotatable bonds is 3. The molecule has 104 valence electrons. The zero-order valence-electron chi connectivity index (χ0n) is 11.8. The van der Waals surface area contributed by atoms with Gasteiger partial charge in [0.15, 0.2) is 0 Å². The van der Waals surface area contributed by atoms with E-state index >= 15 is 0 Å². The molecular formula is C16H24N2O. The van der Waals surface area contributed by atoms with Crippen LogP contribution in [0.4, 0.5) is 0 Å². The highest BCUT2D eigenvalue weighted by atomic mass is 16.5. The summed E-state index contributed by atoms with van der Waals surface area (Å²) < 4.78 is 6.32. The molecule has 2 aliphatic heterocycles. The van der Waals surface area contributed by atoms with Crippen molar-refractivity contribution in [1.29, 1.82) is 0 Å². The van der Waals surface area contributed by atoms with Gasteiger partial charge in [-0.3, -0.25) is 0 Å². The fraction of sp³-hybridized carbons (Fsp3) is 0.625. The van der Waals surface area contributed by atoms with Crippen molar-refractivity contribution in [3.05, 3.63) is 35.9 Å². The lowest BCUT2D eigenvalue weighted by Crippen LogP contribution is -2.46. The smallest absolute Gasteiger partial charge is 0.0956 e. The Bertz CT molecular complexity index is 389. The van der Waals surface area contributed by atoms with Crippen molar-refractivity contribution in [3.8, 4) is 0 Å². The van der Waals surface area contributed by atoms with Gasteiger partial charge in [0, 0.05) is 19.6 Å². The minimum atomic E-state index is 0.229. The van der Waals surface area contributed by atoms with Gasteiger partial charge in [0.25, 0.3) is 0 Å². The Morgan fingerprint density at radius 3 is 2.58 bits per heavy atom. The van der Waals surface area contributed by atoms with Gasteiger partial charge in [-0.2, -0.15) is 0 Å². The highest BCUT2D eigenvalue weighted by Gasteiger charge is 2.28. The summed E-state index contributed by atoms with van der Waals surface area (Å²) in [5, 5.41) is 0. The summed E-state index contributed by atoms with van der Waals surface area (Å²) in [7, 11) is 2.20. The minimum absolute atomic E-state index is 0.229. The summed E-state index contributed by atoms with van der Waals surface area (Å²) in [5.74, 6) is 0. The van der Waals surface area contributed by atoms with Gasteiger partial charge in [-0.25, -0.2) is 0 Å². The molecule has 1 aromatic carbocycles. The van der Waals surface area contributed by atoms with Gasteiger partial charge in [0.1, 0.15) is 0 Å². The van der Waals surface area contributed by atoms with Crippen LogP contribution in [0.5, 0.6) is 0 Å². The average Bonchev–Trinajstić information content (AvgIpc) is 2.92. The van der Waals surface area contributed by atoms with E-state index in [1.54, 1.807) is 0 Å². The molecule has 2 fully saturated rings. The standard InChI is InChI=1S/C16H24N2O/c1-17-11-15(12-18-9-5-6-10-18)19-16(13-17)14-7-3-2-4-8-14/h2-4,7-8,15-16H,5-6,9-13H2,1H3. The van der Waals surface area contributed by atoms with Crippen molar-refractivity contribution in [3.63, 3.8) is 0 Å². The van der Waals surface area contributed by atoms with Crippen LogP contribution >= 0.6 is 0 Å². The molecule has 0 bridgehead atoms. The number of hydrogen-bond acceptors (Lipinski definition) is 3. The van der Waals surface area contributed by atoms with Crippen LogP contribution in [-0.2, 0) is 4.74 Å². The van der Waals surface area contributed by atoms with Crippen molar-refractivity contribution in [1.82, 2.24) is 9.80 Å². The number of benzene rings is 1. The summed E-state index contributed by atoms with van der Waals surface area (Å²) in [5.41, 5.74) is 1.31. The second kappa shape index (κ2) is 6.04. The lowest BCUT2D eigenvalue weighted by molar-refractivity contribution is -0.0892. The third-order valence-corrected chi connectivity index (χ3v) is 4.18. The molecular weight excluding hydrogens is 236 g/mol. The van der Waals surface area contributed by atoms with Gasteiger partial charge in [-0.15, -0.1) is 0 Å². The fourth-order valence-corrected chi connectivity index (χ4v) is 3.23. The first-order valence-corrected chi connectivity index (χ1v) is 7.42. The van der Waals surface area contributed by atoms with Gasteiger partial charge in [0.2, 0.25) is 0 Å². The number of likely N-dealkylation sites (tertiary alicyclic amines) is 1. The monoisotopic (exact) mass is 260 g/mol. The third-order valence-electron chi connectivity index (χ3n) is 4.18. The summed E-state index contributed by atoms with van der Waals surface area (Å²) in [6.07, 6.45) is 3.28. The minimum Gasteiger partial charge on any atom is -0.366 e. The van der Waals surface area contributed by atoms with Gasteiger partial charge in [0.05, 0.1) is 12.2 Å². The predicted molar refractivity (Wildman–Crippen MR) is 77.2 cm³/mol. The van der Waals surface area contributed by atoms with Crippen LogP contribution in [0.2, 0.25) is 0 Å². The summed E-state index contributed by atoms with van der Waals surface area (Å²) in [6.45, 7) is 5.65. The molecule has 3 heteroatoms. The molecule has 0 aliphatic carbocycles. The molecule has 1 aromatic rings. The van der Waals surface area contributed by atoms with Gasteiger partial charge in [-0.1, -0.05) is 30.3 Å². The number of nitrogens with zero attached hydrogens (tertiary/aromatic N) is 2. The quantitative estimate of drug-likeness (QED) is 0.828. The van der Waals surface area contributed by atoms with Crippen molar-refractivity contribution >= 4 is 0 Å². The Labute approximate surface area is 116 Å². The molecule has 19 heavy (non-hydrogen) atoms. The number of morpholine rings is 1. The van der Waals surface area contributed by atoms with Crippen LogP contribution < -0.4 is 0 Å². The maximum absolute atomic E-state index is 6.32. The lowest BCUT2D eigenvalue weighted by Gasteiger charge is -2.38. The van der Waals surface area contributed by atoms with E-state index in [2.05, 4.69) is 47.2 Å². The molecule has 2 unspecified atom stereocenters. The van der Waals surface area contributed by atoms with Gasteiger partial charge >= 0.3 is 0 Å². The molecule has 0 radical (unpaired) electrons. The normalized spacial score (nSPS) is 29.7. The highest BCUT2D eigenvalue weighted by Crippen LogP contribution is 2.25. The SMILES string of the molecule is CN1CC(CN2CCCC2)OC(c2ccccc2)C1. The van der Waals surface area contributed by atoms with Crippen LogP contribution in [0.25, 0.3) is 0 Å². The molecule has 0 N–H and O–H groups in total. The maximum Gasteiger partial charge on any atom is 0.0956 e. The maximum atomic E-state index is 6.32. The second-order valence-corrected chi connectivity index (χ2v) is 5.89. The Morgan fingerprint density at radius 2 is 1.84 bits per heavy atom. The van der Waals surface area contributed by atoms with E-state index in [-0.39, 0.29) is 6.10 Å². The summed E-state index contributed by atoms with van der Waals surface area (Å²) in [6, 6.07) is 10.6. The van der Waals surface area contributed by atoms with Crippen LogP contribution in [0.1, 0.15) is 24.5 Å². The lowest BCUT2D eigenvalue weighted by atomic mass is 10.1. The van der Waals surface area contributed by atoms with Crippen molar-refractivity contribution in [2.45, 2.75) is 25.0 Å². The zero-order valence-corrected chi connectivity index (χ0v) is 11.8. The average molecular weight is 260 g/mol. The number of likely N-dealkylation sites (N-methyl/N-ethyl adjacent to an activating group) is 1. The van der Waals surface area contributed by atoms with Crippen molar-refractivity contribution in [2.75, 3.05) is 39.8 Å². The second-order valence-electron chi connectivity index (χ2n) is 5.89. The molecule has 3 nitrogen and oxygen atoms in total. The first-order valence-electron chi connectivity index (χ1n) is 7.42. The Morgan fingerprint density at radius 1 is 1.11 bits per heavy atom. The van der Waals surface area contributed by atoms with Crippen LogP contribution in [0, 0.1) is 0 Å². The predicted octanol–water partition coefficient (Wildman–Crippen LogP) is 2.15. The summed E-state index contributed by atoms with van der Waals surface area (Å²) in [4.78, 5) is 4.95. The Balaban J connectivity index is 1.63. The zero-order chi connectivity index (χ0) is 13.1. The van der Waals surface area contributed by atoms with E-state index in [0.29, 0.717) is 6.10 Å². The first kappa shape index (κ1) is 13.1. The molecule has 0 aromatic heterocycles. The number of ether oxygens (including phenoxy) is 1. The van der Waals surface area contributed by atoms with Crippen LogP contribution in [0.15, 0.2) is 30.3 Å². The molecule has 2 heterocycles. The van der Waals surface area contributed by atoms with Crippen molar-refractivity contribution < 1.29 is 4.74 Å². The Hall–Kier alpha value is -0.900. The molecule has 2 aliphatic rings. The van der Waals surface area contributed by atoms with E-state index in [0.717, 1.165) is 19.6 Å². The number of hydrogen-bond donors (Lipinski definition) is 0. The Kier molecular flexibility index (Phi) is 4.16. The van der Waals surface area contributed by atoms with Gasteiger partial charge in [-0.05, 0) is 38.5 Å². The molecule has 0 amide bonds. The van der Waals surface area contributed by atoms with E-state index in [4.69, 9.17) is 4.74 Å². The van der Waals surface area contributed by atoms with Crippen LogP contribution in [-0.4, -0.2) is 55.7 Å². The molecule has 0 spiro atoms. The molecule has 3 rings (SSSR count). The third kappa shape index (κ3) is 3.35. The van der Waals surface area contributed by atoms with Crippen LogP contribution in [0.3, 0.4) is 0 Å². The van der Waals surface area contributed by atoms with E-state index in [1.165, 1.54) is 31.5 Å². The first-order chi connectivity index (χ1) is 9.31. The van der Waals surface area contributed by atoms with E-state index < -0.39 is 0 Å². The highest BCUT2D eigenvalue weighted by molar-refractivity contribution is 5.18. The van der Waals surface area contributed by atoms with E-state index in [1.807, 2.05) is 0 Å². The molecule has 2 saturated heterocycles. The fourth-order valence-electron chi connectivity index (χ4n) is 3.23. The summed E-state index contributed by atoms with van der Waals surface area (Å²) >= 11 is 0. The van der Waals surface area contributed by atoms with Gasteiger partial charge < -0.3 is 14.5 Å².